The third kappa shape index (κ3) is 3.55. The molecule has 3 N–H and O–H groups in total. The van der Waals surface area contributed by atoms with Crippen LogP contribution in [-0.4, -0.2) is 11.6 Å². The van der Waals surface area contributed by atoms with E-state index < -0.39 is 0 Å². The van der Waals surface area contributed by atoms with Gasteiger partial charge in [-0.05, 0) is 30.4 Å². The summed E-state index contributed by atoms with van der Waals surface area (Å²) < 4.78 is 12.9. The summed E-state index contributed by atoms with van der Waals surface area (Å²) >= 11 is 1.62. The molecule has 0 spiro atoms. The number of benzene rings is 1. The van der Waals surface area contributed by atoms with Crippen molar-refractivity contribution < 1.29 is 4.39 Å². The van der Waals surface area contributed by atoms with E-state index in [1.54, 1.807) is 17.8 Å². The van der Waals surface area contributed by atoms with Gasteiger partial charge in [0.1, 0.15) is 11.7 Å². The Bertz CT molecular complexity index is 352. The van der Waals surface area contributed by atoms with E-state index in [1.807, 2.05) is 0 Å². The zero-order chi connectivity index (χ0) is 11.3. The third-order valence-electron chi connectivity index (χ3n) is 1.99. The summed E-state index contributed by atoms with van der Waals surface area (Å²) in [5.41, 5.74) is 5.89. The summed E-state index contributed by atoms with van der Waals surface area (Å²) in [5.74, 6) is 0.552. The van der Waals surface area contributed by atoms with Crippen LogP contribution >= 0.6 is 11.8 Å². The number of nitrogens with two attached hydrogens (primary N) is 1. The summed E-state index contributed by atoms with van der Waals surface area (Å²) in [5, 5.41) is 7.35. The van der Waals surface area contributed by atoms with E-state index >= 15 is 0 Å². The predicted molar refractivity (Wildman–Crippen MR) is 63.0 cm³/mol. The highest BCUT2D eigenvalue weighted by atomic mass is 32.2. The molecule has 2 nitrogen and oxygen atoms in total. The van der Waals surface area contributed by atoms with Gasteiger partial charge in [0.05, 0.1) is 0 Å². The van der Waals surface area contributed by atoms with Crippen molar-refractivity contribution in [2.75, 3.05) is 5.75 Å². The number of hydrogen-bond acceptors (Lipinski definition) is 2. The number of halogens is 1. The predicted octanol–water partition coefficient (Wildman–Crippen LogP) is 3.00. The molecule has 0 aliphatic heterocycles. The van der Waals surface area contributed by atoms with Gasteiger partial charge >= 0.3 is 0 Å². The highest BCUT2D eigenvalue weighted by molar-refractivity contribution is 7.99. The van der Waals surface area contributed by atoms with Crippen LogP contribution in [0.1, 0.15) is 25.3 Å². The standard InChI is InChI=1S/C11H15FN2S/c1-2-3-6-15-10-5-4-8(12)7-9(10)11(13)14/h4-5,7H,2-3,6H2,1H3,(H3,13,14). The Morgan fingerprint density at radius 1 is 1.53 bits per heavy atom. The number of nitrogen functional groups attached to an aromatic ring is 1. The number of amidine groups is 1. The minimum absolute atomic E-state index is 0.0755. The lowest BCUT2D eigenvalue weighted by atomic mass is 10.2. The van der Waals surface area contributed by atoms with Gasteiger partial charge in [0.25, 0.3) is 0 Å². The van der Waals surface area contributed by atoms with Crippen LogP contribution in [0.4, 0.5) is 4.39 Å². The topological polar surface area (TPSA) is 49.9 Å². The van der Waals surface area contributed by atoms with E-state index in [9.17, 15) is 4.39 Å². The first-order chi connectivity index (χ1) is 7.15. The van der Waals surface area contributed by atoms with E-state index in [1.165, 1.54) is 12.1 Å². The summed E-state index contributed by atoms with van der Waals surface area (Å²) in [6, 6.07) is 4.41. The quantitative estimate of drug-likeness (QED) is 0.351. The smallest absolute Gasteiger partial charge is 0.124 e. The molecule has 0 aliphatic rings. The van der Waals surface area contributed by atoms with Crippen molar-refractivity contribution in [1.29, 1.82) is 5.41 Å². The van der Waals surface area contributed by atoms with Crippen molar-refractivity contribution in [2.45, 2.75) is 24.7 Å². The molecule has 1 aromatic carbocycles. The van der Waals surface area contributed by atoms with Crippen LogP contribution in [0, 0.1) is 11.2 Å². The van der Waals surface area contributed by atoms with E-state index in [-0.39, 0.29) is 11.7 Å². The van der Waals surface area contributed by atoms with Crippen molar-refractivity contribution in [2.24, 2.45) is 5.73 Å². The Balaban J connectivity index is 2.81. The van der Waals surface area contributed by atoms with Gasteiger partial charge in [0.2, 0.25) is 0 Å². The first kappa shape index (κ1) is 12.0. The van der Waals surface area contributed by atoms with Gasteiger partial charge < -0.3 is 5.73 Å². The molecule has 1 aromatic rings. The van der Waals surface area contributed by atoms with Gasteiger partial charge in [-0.15, -0.1) is 11.8 Å². The molecule has 0 aromatic heterocycles. The Hall–Kier alpha value is -1.03. The van der Waals surface area contributed by atoms with Crippen molar-refractivity contribution >= 4 is 17.6 Å². The average Bonchev–Trinajstić information content (AvgIpc) is 2.20. The number of rotatable bonds is 5. The highest BCUT2D eigenvalue weighted by Gasteiger charge is 2.06. The first-order valence-electron chi connectivity index (χ1n) is 4.92. The molecule has 0 fully saturated rings. The molecule has 15 heavy (non-hydrogen) atoms. The van der Waals surface area contributed by atoms with Crippen LogP contribution in [-0.2, 0) is 0 Å². The molecule has 82 valence electrons. The van der Waals surface area contributed by atoms with E-state index in [0.29, 0.717) is 5.56 Å². The van der Waals surface area contributed by atoms with Gasteiger partial charge in [0, 0.05) is 10.5 Å². The van der Waals surface area contributed by atoms with Crippen molar-refractivity contribution in [1.82, 2.24) is 0 Å². The summed E-state index contributed by atoms with van der Waals surface area (Å²) in [7, 11) is 0. The fourth-order valence-electron chi connectivity index (χ4n) is 1.17. The molecule has 0 atom stereocenters. The van der Waals surface area contributed by atoms with E-state index in [4.69, 9.17) is 11.1 Å². The molecular formula is C11H15FN2S. The van der Waals surface area contributed by atoms with E-state index in [0.717, 1.165) is 23.5 Å². The van der Waals surface area contributed by atoms with Crippen LogP contribution in [0.25, 0.3) is 0 Å². The van der Waals surface area contributed by atoms with Crippen molar-refractivity contribution in [3.63, 3.8) is 0 Å². The van der Waals surface area contributed by atoms with E-state index in [2.05, 4.69) is 6.92 Å². The van der Waals surface area contributed by atoms with Crippen LogP contribution in [0.3, 0.4) is 0 Å². The Kier molecular flexibility index (Phi) is 4.62. The minimum Gasteiger partial charge on any atom is -0.384 e. The second kappa shape index (κ2) is 5.75. The number of hydrogen-bond donors (Lipinski definition) is 2. The third-order valence-corrected chi connectivity index (χ3v) is 3.15. The van der Waals surface area contributed by atoms with Crippen LogP contribution in [0.2, 0.25) is 0 Å². The van der Waals surface area contributed by atoms with Crippen LogP contribution in [0.15, 0.2) is 23.1 Å². The normalized spacial score (nSPS) is 10.3. The molecule has 1 rings (SSSR count). The molecule has 0 bridgehead atoms. The molecule has 0 saturated heterocycles. The lowest BCUT2D eigenvalue weighted by Crippen LogP contribution is -2.12. The van der Waals surface area contributed by atoms with Gasteiger partial charge in [-0.3, -0.25) is 5.41 Å². The number of nitrogens with one attached hydrogen (secondary N) is 1. The maximum atomic E-state index is 12.9. The second-order valence-electron chi connectivity index (χ2n) is 3.26. The molecule has 0 heterocycles. The van der Waals surface area contributed by atoms with Crippen LogP contribution in [0.5, 0.6) is 0 Å². The summed E-state index contributed by atoms with van der Waals surface area (Å²) in [6.45, 7) is 2.12. The largest absolute Gasteiger partial charge is 0.384 e. The Morgan fingerprint density at radius 3 is 2.87 bits per heavy atom. The molecule has 4 heteroatoms. The van der Waals surface area contributed by atoms with Gasteiger partial charge in [0.15, 0.2) is 0 Å². The number of unbranched alkanes of at least 4 members (excludes halogenated alkanes) is 1. The van der Waals surface area contributed by atoms with Gasteiger partial charge in [-0.2, -0.15) is 0 Å². The molecule has 0 amide bonds. The SMILES string of the molecule is CCCCSc1ccc(F)cc1C(=N)N. The number of thioether (sulfide) groups is 1. The second-order valence-corrected chi connectivity index (χ2v) is 4.39. The molecule has 0 saturated carbocycles. The molecule has 0 radical (unpaired) electrons. The Labute approximate surface area is 93.6 Å². The summed E-state index contributed by atoms with van der Waals surface area (Å²) in [4.78, 5) is 0.886. The molecule has 0 aliphatic carbocycles. The zero-order valence-corrected chi connectivity index (χ0v) is 9.53. The average molecular weight is 226 g/mol. The van der Waals surface area contributed by atoms with Gasteiger partial charge in [-0.1, -0.05) is 13.3 Å². The fraction of sp³-hybridized carbons (Fsp3) is 0.364. The van der Waals surface area contributed by atoms with Crippen LogP contribution < -0.4 is 5.73 Å². The minimum atomic E-state index is -0.347. The zero-order valence-electron chi connectivity index (χ0n) is 8.72. The van der Waals surface area contributed by atoms with Gasteiger partial charge in [-0.25, -0.2) is 4.39 Å². The monoisotopic (exact) mass is 226 g/mol. The van der Waals surface area contributed by atoms with Crippen molar-refractivity contribution in [3.05, 3.63) is 29.6 Å². The molecule has 0 unspecified atom stereocenters. The highest BCUT2D eigenvalue weighted by Crippen LogP contribution is 2.24. The Morgan fingerprint density at radius 2 is 2.27 bits per heavy atom. The van der Waals surface area contributed by atoms with Crippen molar-refractivity contribution in [3.8, 4) is 0 Å². The molecular weight excluding hydrogens is 211 g/mol. The lowest BCUT2D eigenvalue weighted by Gasteiger charge is -2.07. The first-order valence-corrected chi connectivity index (χ1v) is 5.90. The lowest BCUT2D eigenvalue weighted by molar-refractivity contribution is 0.626. The maximum Gasteiger partial charge on any atom is 0.124 e. The fourth-order valence-corrected chi connectivity index (χ4v) is 2.31. The maximum absolute atomic E-state index is 12.9. The summed E-state index contributed by atoms with van der Waals surface area (Å²) in [6.07, 6.45) is 2.24.